The van der Waals surface area contributed by atoms with Crippen LogP contribution in [0.3, 0.4) is 0 Å². The zero-order valence-corrected chi connectivity index (χ0v) is 11.9. The number of aliphatic carboxylic acids is 1. The van der Waals surface area contributed by atoms with Crippen LogP contribution in [0.25, 0.3) is 0 Å². The second-order valence-corrected chi connectivity index (χ2v) is 7.45. The van der Waals surface area contributed by atoms with Crippen molar-refractivity contribution in [2.24, 2.45) is 17.6 Å². The van der Waals surface area contributed by atoms with E-state index in [4.69, 9.17) is 10.8 Å². The van der Waals surface area contributed by atoms with E-state index in [1.54, 1.807) is 6.92 Å². The van der Waals surface area contributed by atoms with Crippen molar-refractivity contribution in [1.82, 2.24) is 4.90 Å². The quantitative estimate of drug-likeness (QED) is 0.666. The highest BCUT2D eigenvalue weighted by Gasteiger charge is 2.38. The molecule has 0 radical (unpaired) electrons. The topological polar surface area (TPSA) is 118 Å². The molecule has 1 rings (SSSR count). The van der Waals surface area contributed by atoms with Crippen LogP contribution in [-0.4, -0.2) is 61.4 Å². The van der Waals surface area contributed by atoms with Gasteiger partial charge in [-0.3, -0.25) is 9.59 Å². The number of carboxylic acids is 1. The number of hydrogen-bond donors (Lipinski definition) is 2. The molecular formula is C11H20N2O5S. The number of carbonyl (C=O) groups excluding carboxylic acids is 1. The molecule has 0 spiro atoms. The average Bonchev–Trinajstić information content (AvgIpc) is 2.66. The number of sulfone groups is 1. The van der Waals surface area contributed by atoms with Gasteiger partial charge in [-0.25, -0.2) is 8.42 Å². The highest BCUT2D eigenvalue weighted by atomic mass is 32.2. The molecule has 0 bridgehead atoms. The second-order valence-electron chi connectivity index (χ2n) is 5.19. The van der Waals surface area contributed by atoms with Gasteiger partial charge in [0, 0.05) is 19.3 Å². The Labute approximate surface area is 112 Å². The van der Waals surface area contributed by atoms with Crippen LogP contribution in [0.15, 0.2) is 0 Å². The minimum Gasteiger partial charge on any atom is -0.481 e. The average molecular weight is 292 g/mol. The van der Waals surface area contributed by atoms with Gasteiger partial charge in [-0.2, -0.15) is 0 Å². The number of hydrogen-bond acceptors (Lipinski definition) is 5. The molecule has 3 atom stereocenters. The summed E-state index contributed by atoms with van der Waals surface area (Å²) in [6.45, 7) is 2.26. The van der Waals surface area contributed by atoms with Gasteiger partial charge in [-0.1, -0.05) is 6.92 Å². The second kappa shape index (κ2) is 5.87. The molecule has 1 aliphatic rings. The summed E-state index contributed by atoms with van der Waals surface area (Å²) in [7, 11) is -3.16. The van der Waals surface area contributed by atoms with E-state index in [0.717, 1.165) is 6.26 Å². The standard InChI is InChI=1S/C11H20N2O5S/c1-7-5-13(6-8(7)11(15)16)10(14)9(12)3-4-19(2,17)18/h7-9H,3-6,12H2,1-2H3,(H,15,16)/t7-,8-,9?/m1/s1. The molecule has 1 fully saturated rings. The third-order valence-corrected chi connectivity index (χ3v) is 4.34. The smallest absolute Gasteiger partial charge is 0.308 e. The van der Waals surface area contributed by atoms with Crippen molar-refractivity contribution in [2.75, 3.05) is 25.1 Å². The van der Waals surface area contributed by atoms with Gasteiger partial charge in [-0.05, 0) is 12.3 Å². The Kier molecular flexibility index (Phi) is 4.92. The number of likely N-dealkylation sites (tertiary alicyclic amines) is 1. The first-order valence-corrected chi connectivity index (χ1v) is 8.12. The molecule has 3 N–H and O–H groups in total. The van der Waals surface area contributed by atoms with Crippen molar-refractivity contribution in [3.8, 4) is 0 Å². The van der Waals surface area contributed by atoms with Crippen LogP contribution < -0.4 is 5.73 Å². The van der Waals surface area contributed by atoms with E-state index in [9.17, 15) is 18.0 Å². The highest BCUT2D eigenvalue weighted by Crippen LogP contribution is 2.23. The molecule has 7 nitrogen and oxygen atoms in total. The number of nitrogens with zero attached hydrogens (tertiary/aromatic N) is 1. The van der Waals surface area contributed by atoms with Gasteiger partial charge < -0.3 is 15.7 Å². The van der Waals surface area contributed by atoms with Crippen molar-refractivity contribution in [3.05, 3.63) is 0 Å². The van der Waals surface area contributed by atoms with Crippen LogP contribution >= 0.6 is 0 Å². The van der Waals surface area contributed by atoms with Gasteiger partial charge in [0.25, 0.3) is 0 Å². The van der Waals surface area contributed by atoms with Gasteiger partial charge in [0.05, 0.1) is 17.7 Å². The maximum absolute atomic E-state index is 12.0. The zero-order valence-electron chi connectivity index (χ0n) is 11.1. The Hall–Kier alpha value is -1.15. The number of carbonyl (C=O) groups is 2. The monoisotopic (exact) mass is 292 g/mol. The lowest BCUT2D eigenvalue weighted by Gasteiger charge is -2.20. The van der Waals surface area contributed by atoms with Gasteiger partial charge in [-0.15, -0.1) is 0 Å². The number of carboxylic acid groups (broad SMARTS) is 1. The Morgan fingerprint density at radius 3 is 2.42 bits per heavy atom. The first-order valence-electron chi connectivity index (χ1n) is 6.06. The van der Waals surface area contributed by atoms with Crippen molar-refractivity contribution < 1.29 is 23.1 Å². The summed E-state index contributed by atoms with van der Waals surface area (Å²) in [5.74, 6) is -2.15. The van der Waals surface area contributed by atoms with Crippen LogP contribution in [-0.2, 0) is 19.4 Å². The minimum atomic E-state index is -3.16. The van der Waals surface area contributed by atoms with E-state index >= 15 is 0 Å². The van der Waals surface area contributed by atoms with E-state index in [2.05, 4.69) is 0 Å². The highest BCUT2D eigenvalue weighted by molar-refractivity contribution is 7.90. The molecule has 1 aliphatic heterocycles. The molecule has 110 valence electrons. The summed E-state index contributed by atoms with van der Waals surface area (Å²) in [6, 6.07) is -0.894. The molecule has 0 aromatic heterocycles. The fourth-order valence-corrected chi connectivity index (χ4v) is 2.85. The summed E-state index contributed by atoms with van der Waals surface area (Å²) in [6.07, 6.45) is 1.14. The Bertz CT molecular complexity index is 462. The molecule has 0 aromatic rings. The molecule has 0 aliphatic carbocycles. The maximum Gasteiger partial charge on any atom is 0.308 e. The summed E-state index contributed by atoms with van der Waals surface area (Å²) in [4.78, 5) is 24.4. The van der Waals surface area contributed by atoms with Crippen molar-refractivity contribution in [2.45, 2.75) is 19.4 Å². The zero-order chi connectivity index (χ0) is 14.8. The summed E-state index contributed by atoms with van der Waals surface area (Å²) >= 11 is 0. The number of nitrogens with two attached hydrogens (primary N) is 1. The van der Waals surface area contributed by atoms with Gasteiger partial charge in [0.1, 0.15) is 9.84 Å². The Morgan fingerprint density at radius 2 is 2.00 bits per heavy atom. The lowest BCUT2D eigenvalue weighted by atomic mass is 9.99. The molecule has 8 heteroatoms. The first-order chi connectivity index (χ1) is 8.61. The Morgan fingerprint density at radius 1 is 1.42 bits per heavy atom. The number of rotatable bonds is 5. The fraction of sp³-hybridized carbons (Fsp3) is 0.818. The SMILES string of the molecule is C[C@@H]1CN(C(=O)C(N)CCS(C)(=O)=O)C[C@H]1C(=O)O. The molecule has 1 amide bonds. The predicted molar refractivity (Wildman–Crippen MR) is 69.2 cm³/mol. The van der Waals surface area contributed by atoms with Crippen LogP contribution in [0.2, 0.25) is 0 Å². The van der Waals surface area contributed by atoms with E-state index in [1.807, 2.05) is 0 Å². The molecule has 1 unspecified atom stereocenters. The predicted octanol–water partition coefficient (Wildman–Crippen LogP) is -1.07. The largest absolute Gasteiger partial charge is 0.481 e. The molecule has 19 heavy (non-hydrogen) atoms. The Balaban J connectivity index is 2.57. The summed E-state index contributed by atoms with van der Waals surface area (Å²) < 4.78 is 22.0. The normalized spacial score (nSPS) is 25.3. The van der Waals surface area contributed by atoms with Gasteiger partial charge >= 0.3 is 5.97 Å². The third kappa shape index (κ3) is 4.46. The lowest BCUT2D eigenvalue weighted by Crippen LogP contribution is -2.43. The molecule has 1 heterocycles. The summed E-state index contributed by atoms with van der Waals surface area (Å²) in [5, 5.41) is 8.98. The molecule has 0 saturated carbocycles. The van der Waals surface area contributed by atoms with Crippen molar-refractivity contribution in [3.63, 3.8) is 0 Å². The lowest BCUT2D eigenvalue weighted by molar-refractivity contribution is -0.142. The van der Waals surface area contributed by atoms with Crippen LogP contribution in [0.1, 0.15) is 13.3 Å². The van der Waals surface area contributed by atoms with Gasteiger partial charge in [0.2, 0.25) is 5.91 Å². The van der Waals surface area contributed by atoms with E-state index in [1.165, 1.54) is 4.90 Å². The van der Waals surface area contributed by atoms with Crippen LogP contribution in [0, 0.1) is 11.8 Å². The van der Waals surface area contributed by atoms with Crippen LogP contribution in [0.5, 0.6) is 0 Å². The van der Waals surface area contributed by atoms with E-state index in [0.29, 0.717) is 6.54 Å². The summed E-state index contributed by atoms with van der Waals surface area (Å²) in [5.41, 5.74) is 5.67. The van der Waals surface area contributed by atoms with Crippen molar-refractivity contribution in [1.29, 1.82) is 0 Å². The minimum absolute atomic E-state index is 0.0558. The maximum atomic E-state index is 12.0. The van der Waals surface area contributed by atoms with Gasteiger partial charge in [0.15, 0.2) is 0 Å². The van der Waals surface area contributed by atoms with Crippen LogP contribution in [0.4, 0.5) is 0 Å². The molecule has 1 saturated heterocycles. The first kappa shape index (κ1) is 15.9. The number of amides is 1. The van der Waals surface area contributed by atoms with E-state index < -0.39 is 27.8 Å². The third-order valence-electron chi connectivity index (χ3n) is 3.36. The fourth-order valence-electron chi connectivity index (χ4n) is 2.17. The molecule has 0 aromatic carbocycles. The molecular weight excluding hydrogens is 272 g/mol. The van der Waals surface area contributed by atoms with Crippen molar-refractivity contribution >= 4 is 21.7 Å². The van der Waals surface area contributed by atoms with E-state index in [-0.39, 0.29) is 30.5 Å².